The number of nitrogens with zero attached hydrogens (tertiary/aromatic N) is 1. The van der Waals surface area contributed by atoms with E-state index in [2.05, 4.69) is 9.97 Å². The molecule has 1 aromatic heterocycles. The average Bonchev–Trinajstić information content (AvgIpc) is 2.78. The Morgan fingerprint density at radius 3 is 3.00 bits per heavy atom. The lowest BCUT2D eigenvalue weighted by atomic mass is 10.3. The number of hydrogen-bond acceptors (Lipinski definition) is 5. The lowest BCUT2D eigenvalue weighted by molar-refractivity contribution is 0.0794. The number of aromatic amines is 1. The predicted octanol–water partition coefficient (Wildman–Crippen LogP) is 1.67. The van der Waals surface area contributed by atoms with Crippen LogP contribution in [0, 0.1) is 0 Å². The molecule has 1 heterocycles. The number of fused-ring (bicyclic) bond motifs is 1. The molecule has 0 aliphatic heterocycles. The van der Waals surface area contributed by atoms with E-state index in [0.717, 1.165) is 21.9 Å². The van der Waals surface area contributed by atoms with Gasteiger partial charge in [-0.05, 0) is 12.1 Å². The average molecular weight is 268 g/mol. The van der Waals surface area contributed by atoms with Crippen molar-refractivity contribution in [2.45, 2.75) is 11.3 Å². The van der Waals surface area contributed by atoms with E-state index < -0.39 is 6.10 Å². The molecule has 0 fully saturated rings. The minimum atomic E-state index is -0.484. The summed E-state index contributed by atoms with van der Waals surface area (Å²) in [6.45, 7) is 0.334. The Morgan fingerprint density at radius 2 is 2.28 bits per heavy atom. The summed E-state index contributed by atoms with van der Waals surface area (Å²) in [6, 6.07) is 5.68. The first kappa shape index (κ1) is 13.2. The number of benzene rings is 1. The molecule has 18 heavy (non-hydrogen) atoms. The molecule has 1 unspecified atom stereocenters. The highest BCUT2D eigenvalue weighted by Crippen LogP contribution is 2.23. The van der Waals surface area contributed by atoms with Crippen molar-refractivity contribution in [3.63, 3.8) is 0 Å². The lowest BCUT2D eigenvalue weighted by Crippen LogP contribution is -2.16. The van der Waals surface area contributed by atoms with Crippen LogP contribution >= 0.6 is 11.8 Å². The number of aliphatic hydroxyl groups excluding tert-OH is 1. The number of methoxy groups -OCH3 is 2. The molecule has 1 atom stereocenters. The second-order valence-electron chi connectivity index (χ2n) is 3.85. The molecular weight excluding hydrogens is 252 g/mol. The second-order valence-corrected chi connectivity index (χ2v) is 4.85. The maximum absolute atomic E-state index is 9.56. The molecule has 2 N–H and O–H groups in total. The molecule has 0 spiro atoms. The number of aromatic nitrogens is 2. The number of nitrogens with one attached hydrogen (secondary N) is 1. The van der Waals surface area contributed by atoms with Gasteiger partial charge in [0.1, 0.15) is 5.75 Å². The fraction of sp³-hybridized carbons (Fsp3) is 0.417. The maximum Gasteiger partial charge on any atom is 0.166 e. The molecule has 0 aliphatic carbocycles. The van der Waals surface area contributed by atoms with E-state index in [1.54, 1.807) is 14.2 Å². The molecule has 0 amide bonds. The summed E-state index contributed by atoms with van der Waals surface area (Å²) >= 11 is 1.47. The van der Waals surface area contributed by atoms with Crippen LogP contribution in [0.1, 0.15) is 0 Å². The molecule has 2 aromatic rings. The summed E-state index contributed by atoms with van der Waals surface area (Å²) in [5.74, 6) is 1.34. The van der Waals surface area contributed by atoms with Crippen LogP contribution < -0.4 is 4.74 Å². The van der Waals surface area contributed by atoms with Gasteiger partial charge < -0.3 is 19.6 Å². The zero-order valence-electron chi connectivity index (χ0n) is 10.3. The largest absolute Gasteiger partial charge is 0.497 e. The standard InChI is InChI=1S/C12H16N2O3S/c1-16-6-8(15)7-18-12-13-10-4-3-9(17-2)5-11(10)14-12/h3-5,8,15H,6-7H2,1-2H3,(H,13,14). The minimum absolute atomic E-state index is 0.334. The van der Waals surface area contributed by atoms with Gasteiger partial charge in [-0.15, -0.1) is 0 Å². The summed E-state index contributed by atoms with van der Waals surface area (Å²) in [7, 11) is 3.20. The first-order valence-electron chi connectivity index (χ1n) is 5.56. The molecule has 0 saturated carbocycles. The molecule has 0 radical (unpaired) electrons. The number of thioether (sulfide) groups is 1. The highest BCUT2D eigenvalue weighted by molar-refractivity contribution is 7.99. The monoisotopic (exact) mass is 268 g/mol. The molecule has 0 bridgehead atoms. The molecule has 0 aliphatic rings. The predicted molar refractivity (Wildman–Crippen MR) is 71.3 cm³/mol. The van der Waals surface area contributed by atoms with Gasteiger partial charge in [-0.3, -0.25) is 0 Å². The van der Waals surface area contributed by atoms with Crippen LogP contribution in [0.25, 0.3) is 11.0 Å². The van der Waals surface area contributed by atoms with Crippen LogP contribution in [0.5, 0.6) is 5.75 Å². The quantitative estimate of drug-likeness (QED) is 0.780. The smallest absolute Gasteiger partial charge is 0.166 e. The first-order chi connectivity index (χ1) is 8.72. The number of imidazole rings is 1. The zero-order valence-corrected chi connectivity index (χ0v) is 11.2. The molecular formula is C12H16N2O3S. The summed E-state index contributed by atoms with van der Waals surface area (Å²) in [6.07, 6.45) is -0.484. The fourth-order valence-electron chi connectivity index (χ4n) is 1.58. The molecule has 6 heteroatoms. The summed E-state index contributed by atoms with van der Waals surface area (Å²) in [5, 5.41) is 10.3. The van der Waals surface area contributed by atoms with Crippen molar-refractivity contribution in [2.75, 3.05) is 26.6 Å². The van der Waals surface area contributed by atoms with Crippen LogP contribution in [0.2, 0.25) is 0 Å². The third-order valence-corrected chi connectivity index (χ3v) is 3.46. The first-order valence-corrected chi connectivity index (χ1v) is 6.55. The van der Waals surface area contributed by atoms with Gasteiger partial charge in [0, 0.05) is 18.9 Å². The van der Waals surface area contributed by atoms with Gasteiger partial charge in [0.15, 0.2) is 5.16 Å². The van der Waals surface area contributed by atoms with E-state index in [0.29, 0.717) is 12.4 Å². The van der Waals surface area contributed by atoms with Crippen LogP contribution in [0.3, 0.4) is 0 Å². The third-order valence-electron chi connectivity index (χ3n) is 2.44. The van der Waals surface area contributed by atoms with Crippen molar-refractivity contribution in [3.8, 4) is 5.75 Å². The molecule has 2 rings (SSSR count). The number of rotatable bonds is 6. The second kappa shape index (κ2) is 6.08. The van der Waals surface area contributed by atoms with Gasteiger partial charge >= 0.3 is 0 Å². The topological polar surface area (TPSA) is 67.4 Å². The summed E-state index contributed by atoms with van der Waals surface area (Å²) < 4.78 is 10.0. The van der Waals surface area contributed by atoms with Crippen LogP contribution in [0.4, 0.5) is 0 Å². The van der Waals surface area contributed by atoms with Crippen molar-refractivity contribution in [2.24, 2.45) is 0 Å². The van der Waals surface area contributed by atoms with Crippen molar-refractivity contribution in [1.29, 1.82) is 0 Å². The normalized spacial score (nSPS) is 12.8. The Bertz CT molecular complexity index is 515. The van der Waals surface area contributed by atoms with Gasteiger partial charge in [0.25, 0.3) is 0 Å². The number of aliphatic hydroxyl groups is 1. The van der Waals surface area contributed by atoms with Crippen molar-refractivity contribution in [1.82, 2.24) is 9.97 Å². The van der Waals surface area contributed by atoms with E-state index in [1.807, 2.05) is 18.2 Å². The Kier molecular flexibility index (Phi) is 4.46. The number of H-pyrrole nitrogens is 1. The number of ether oxygens (including phenoxy) is 2. The highest BCUT2D eigenvalue weighted by Gasteiger charge is 2.08. The van der Waals surface area contributed by atoms with E-state index in [-0.39, 0.29) is 0 Å². The lowest BCUT2D eigenvalue weighted by Gasteiger charge is -2.06. The van der Waals surface area contributed by atoms with Crippen LogP contribution in [0.15, 0.2) is 23.4 Å². The number of hydrogen-bond donors (Lipinski definition) is 2. The SMILES string of the molecule is COCC(O)CSc1nc2ccc(OC)cc2[nH]1. The fourth-order valence-corrected chi connectivity index (χ4v) is 2.37. The van der Waals surface area contributed by atoms with Gasteiger partial charge in [0.05, 0.1) is 30.9 Å². The summed E-state index contributed by atoms with van der Waals surface area (Å²) in [5.41, 5.74) is 1.82. The maximum atomic E-state index is 9.56. The Balaban J connectivity index is 2.05. The Morgan fingerprint density at radius 1 is 1.44 bits per heavy atom. The third kappa shape index (κ3) is 3.16. The van der Waals surface area contributed by atoms with E-state index >= 15 is 0 Å². The molecule has 98 valence electrons. The van der Waals surface area contributed by atoms with Gasteiger partial charge in [-0.1, -0.05) is 11.8 Å². The Hall–Kier alpha value is -1.24. The van der Waals surface area contributed by atoms with Crippen molar-refractivity contribution in [3.05, 3.63) is 18.2 Å². The molecule has 1 aromatic carbocycles. The highest BCUT2D eigenvalue weighted by atomic mass is 32.2. The van der Waals surface area contributed by atoms with Gasteiger partial charge in [0.2, 0.25) is 0 Å². The van der Waals surface area contributed by atoms with E-state index in [9.17, 15) is 5.11 Å². The van der Waals surface area contributed by atoms with Crippen LogP contribution in [-0.2, 0) is 4.74 Å². The van der Waals surface area contributed by atoms with E-state index in [4.69, 9.17) is 9.47 Å². The molecule has 0 saturated heterocycles. The Labute approximate surface area is 110 Å². The zero-order chi connectivity index (χ0) is 13.0. The van der Waals surface area contributed by atoms with Crippen molar-refractivity contribution >= 4 is 22.8 Å². The van der Waals surface area contributed by atoms with Gasteiger partial charge in [-0.25, -0.2) is 4.98 Å². The van der Waals surface area contributed by atoms with E-state index in [1.165, 1.54) is 11.8 Å². The van der Waals surface area contributed by atoms with Gasteiger partial charge in [-0.2, -0.15) is 0 Å². The summed E-state index contributed by atoms with van der Waals surface area (Å²) in [4.78, 5) is 7.61. The molecule has 5 nitrogen and oxygen atoms in total. The van der Waals surface area contributed by atoms with Crippen LogP contribution in [-0.4, -0.2) is 47.8 Å². The van der Waals surface area contributed by atoms with Crippen molar-refractivity contribution < 1.29 is 14.6 Å². The minimum Gasteiger partial charge on any atom is -0.497 e.